The smallest absolute Gasteiger partial charge is 0.305 e. The van der Waals surface area contributed by atoms with E-state index in [2.05, 4.69) is 24.2 Å². The lowest BCUT2D eigenvalue weighted by Crippen LogP contribution is -2.23. The summed E-state index contributed by atoms with van der Waals surface area (Å²) >= 11 is 0. The molecule has 1 N–H and O–H groups in total. The Morgan fingerprint density at radius 1 is 1.25 bits per heavy atom. The highest BCUT2D eigenvalue weighted by Gasteiger charge is 2.19. The first kappa shape index (κ1) is 14.1. The van der Waals surface area contributed by atoms with Gasteiger partial charge in [0.2, 0.25) is 0 Å². The summed E-state index contributed by atoms with van der Waals surface area (Å²) in [6.07, 6.45) is 5.81. The van der Waals surface area contributed by atoms with E-state index in [0.717, 1.165) is 23.9 Å². The van der Waals surface area contributed by atoms with E-state index in [1.54, 1.807) is 12.1 Å². The SMILES string of the molecule is C=C.N#Cc1ccc2c(c1)[nH]c(=O)n2C1CCCCC1. The predicted octanol–water partition coefficient (Wildman–Crippen LogP) is 3.51. The normalized spacial score (nSPS) is 15.3. The van der Waals surface area contributed by atoms with Gasteiger partial charge in [0.15, 0.2) is 0 Å². The summed E-state index contributed by atoms with van der Waals surface area (Å²) in [6, 6.07) is 7.80. The second-order valence-corrected chi connectivity index (χ2v) is 4.94. The number of rotatable bonds is 1. The van der Waals surface area contributed by atoms with Gasteiger partial charge in [-0.2, -0.15) is 5.26 Å². The molecule has 0 aliphatic heterocycles. The molecule has 0 unspecified atom stereocenters. The van der Waals surface area contributed by atoms with Gasteiger partial charge >= 0.3 is 5.69 Å². The van der Waals surface area contributed by atoms with E-state index in [0.29, 0.717) is 11.6 Å². The predicted molar refractivity (Wildman–Crippen MR) is 80.6 cm³/mol. The van der Waals surface area contributed by atoms with Crippen molar-refractivity contribution < 1.29 is 0 Å². The number of aromatic amines is 1. The number of fused-ring (bicyclic) bond motifs is 1. The molecule has 1 aromatic heterocycles. The average Bonchev–Trinajstić information content (AvgIpc) is 2.84. The van der Waals surface area contributed by atoms with Crippen molar-refractivity contribution in [3.05, 3.63) is 47.4 Å². The maximum absolute atomic E-state index is 12.1. The minimum absolute atomic E-state index is 0.0491. The number of nitrogens with one attached hydrogen (secondary N) is 1. The molecule has 4 heteroatoms. The highest BCUT2D eigenvalue weighted by Crippen LogP contribution is 2.29. The van der Waals surface area contributed by atoms with E-state index >= 15 is 0 Å². The molecule has 20 heavy (non-hydrogen) atoms. The molecule has 1 saturated carbocycles. The second-order valence-electron chi connectivity index (χ2n) is 4.94. The number of imidazole rings is 1. The van der Waals surface area contributed by atoms with Crippen LogP contribution in [0.1, 0.15) is 43.7 Å². The molecule has 0 bridgehead atoms. The summed E-state index contributed by atoms with van der Waals surface area (Å²) in [5, 5.41) is 8.87. The Morgan fingerprint density at radius 2 is 1.95 bits per heavy atom. The second kappa shape index (κ2) is 6.25. The number of nitrogens with zero attached hydrogens (tertiary/aromatic N) is 2. The van der Waals surface area contributed by atoms with Gasteiger partial charge in [-0.3, -0.25) is 4.57 Å². The van der Waals surface area contributed by atoms with Gasteiger partial charge in [0.1, 0.15) is 0 Å². The molecule has 1 aromatic carbocycles. The van der Waals surface area contributed by atoms with Crippen LogP contribution in [0, 0.1) is 11.3 Å². The van der Waals surface area contributed by atoms with Crippen molar-refractivity contribution in [3.63, 3.8) is 0 Å². The first-order valence-corrected chi connectivity index (χ1v) is 6.94. The number of benzene rings is 1. The van der Waals surface area contributed by atoms with Gasteiger partial charge in [-0.15, -0.1) is 13.2 Å². The zero-order valence-electron chi connectivity index (χ0n) is 11.6. The molecular weight excluding hydrogens is 250 g/mol. The third-order valence-corrected chi connectivity index (χ3v) is 3.79. The lowest BCUT2D eigenvalue weighted by molar-refractivity contribution is 0.353. The van der Waals surface area contributed by atoms with Crippen molar-refractivity contribution in [2.24, 2.45) is 0 Å². The Balaban J connectivity index is 0.000000704. The topological polar surface area (TPSA) is 61.6 Å². The fourth-order valence-electron chi connectivity index (χ4n) is 2.90. The number of hydrogen-bond acceptors (Lipinski definition) is 2. The van der Waals surface area contributed by atoms with Gasteiger partial charge in [0, 0.05) is 6.04 Å². The maximum Gasteiger partial charge on any atom is 0.326 e. The Labute approximate surface area is 118 Å². The highest BCUT2D eigenvalue weighted by atomic mass is 16.1. The van der Waals surface area contributed by atoms with Crippen molar-refractivity contribution in [1.82, 2.24) is 9.55 Å². The minimum atomic E-state index is -0.0491. The van der Waals surface area contributed by atoms with Gasteiger partial charge in [-0.1, -0.05) is 19.3 Å². The monoisotopic (exact) mass is 269 g/mol. The van der Waals surface area contributed by atoms with Crippen LogP contribution in [-0.2, 0) is 0 Å². The Morgan fingerprint density at radius 3 is 2.60 bits per heavy atom. The molecule has 1 heterocycles. The van der Waals surface area contributed by atoms with Crippen molar-refractivity contribution in [2.45, 2.75) is 38.1 Å². The molecule has 0 saturated heterocycles. The van der Waals surface area contributed by atoms with Crippen LogP contribution in [0.3, 0.4) is 0 Å². The molecule has 3 rings (SSSR count). The summed E-state index contributed by atoms with van der Waals surface area (Å²) in [7, 11) is 0. The largest absolute Gasteiger partial charge is 0.326 e. The molecule has 0 amide bonds. The molecule has 1 aliphatic rings. The van der Waals surface area contributed by atoms with E-state index in [1.165, 1.54) is 19.3 Å². The summed E-state index contributed by atoms with van der Waals surface area (Å²) in [4.78, 5) is 14.9. The van der Waals surface area contributed by atoms with Crippen molar-refractivity contribution in [1.29, 1.82) is 5.26 Å². The molecule has 1 aliphatic carbocycles. The first-order chi connectivity index (χ1) is 9.79. The van der Waals surface area contributed by atoms with Crippen molar-refractivity contribution in [2.75, 3.05) is 0 Å². The lowest BCUT2D eigenvalue weighted by atomic mass is 9.95. The van der Waals surface area contributed by atoms with Crippen molar-refractivity contribution in [3.8, 4) is 6.07 Å². The summed E-state index contributed by atoms with van der Waals surface area (Å²) < 4.78 is 1.87. The summed E-state index contributed by atoms with van der Waals surface area (Å²) in [5.41, 5.74) is 2.22. The van der Waals surface area contributed by atoms with Gasteiger partial charge < -0.3 is 4.98 Å². The average molecular weight is 269 g/mol. The maximum atomic E-state index is 12.1. The molecule has 4 nitrogen and oxygen atoms in total. The number of H-pyrrole nitrogens is 1. The number of nitriles is 1. The fraction of sp³-hybridized carbons (Fsp3) is 0.375. The first-order valence-electron chi connectivity index (χ1n) is 6.94. The van der Waals surface area contributed by atoms with Crippen LogP contribution in [0.25, 0.3) is 11.0 Å². The Bertz CT molecular complexity index is 684. The molecule has 1 fully saturated rings. The number of hydrogen-bond donors (Lipinski definition) is 1. The molecule has 2 aromatic rings. The standard InChI is InChI=1S/C14H15N3O.C2H4/c15-9-10-6-7-13-12(8-10)16-14(18)17(13)11-4-2-1-3-5-11;1-2/h6-8,11H,1-5H2,(H,16,18);1-2H2. The van der Waals surface area contributed by atoms with E-state index < -0.39 is 0 Å². The zero-order chi connectivity index (χ0) is 14.5. The minimum Gasteiger partial charge on any atom is -0.305 e. The summed E-state index contributed by atoms with van der Waals surface area (Å²) in [6.45, 7) is 6.00. The summed E-state index contributed by atoms with van der Waals surface area (Å²) in [5.74, 6) is 0. The molecule has 0 atom stereocenters. The molecule has 0 spiro atoms. The molecule has 0 radical (unpaired) electrons. The van der Waals surface area contributed by atoms with E-state index in [1.807, 2.05) is 10.6 Å². The third-order valence-electron chi connectivity index (χ3n) is 3.79. The lowest BCUT2D eigenvalue weighted by Gasteiger charge is -2.22. The van der Waals surface area contributed by atoms with E-state index in [4.69, 9.17) is 5.26 Å². The number of aromatic nitrogens is 2. The Hall–Kier alpha value is -2.28. The van der Waals surface area contributed by atoms with E-state index in [9.17, 15) is 4.79 Å². The van der Waals surface area contributed by atoms with Crippen LogP contribution in [0.4, 0.5) is 0 Å². The van der Waals surface area contributed by atoms with Crippen LogP contribution >= 0.6 is 0 Å². The zero-order valence-corrected chi connectivity index (χ0v) is 11.6. The van der Waals surface area contributed by atoms with Crippen LogP contribution in [-0.4, -0.2) is 9.55 Å². The van der Waals surface area contributed by atoms with Gasteiger partial charge in [0.25, 0.3) is 0 Å². The Kier molecular flexibility index (Phi) is 4.41. The van der Waals surface area contributed by atoms with Crippen molar-refractivity contribution >= 4 is 11.0 Å². The van der Waals surface area contributed by atoms with Crippen LogP contribution in [0.5, 0.6) is 0 Å². The third kappa shape index (κ3) is 2.53. The van der Waals surface area contributed by atoms with Crippen LogP contribution < -0.4 is 5.69 Å². The van der Waals surface area contributed by atoms with Gasteiger partial charge in [0.05, 0.1) is 22.7 Å². The highest BCUT2D eigenvalue weighted by molar-refractivity contribution is 5.77. The van der Waals surface area contributed by atoms with Gasteiger partial charge in [-0.25, -0.2) is 4.79 Å². The van der Waals surface area contributed by atoms with Gasteiger partial charge in [-0.05, 0) is 31.0 Å². The molecule has 104 valence electrons. The van der Waals surface area contributed by atoms with Crippen LogP contribution in [0.15, 0.2) is 36.2 Å². The van der Waals surface area contributed by atoms with E-state index in [-0.39, 0.29) is 5.69 Å². The fourth-order valence-corrected chi connectivity index (χ4v) is 2.90. The van der Waals surface area contributed by atoms with Crippen LogP contribution in [0.2, 0.25) is 0 Å². The quantitative estimate of drug-likeness (QED) is 0.805. The molecular formula is C16H19N3O.